The molecule has 108 valence electrons. The van der Waals surface area contributed by atoms with Crippen LogP contribution in [0.2, 0.25) is 0 Å². The van der Waals surface area contributed by atoms with Gasteiger partial charge < -0.3 is 10.3 Å². The molecule has 0 radical (unpaired) electrons. The van der Waals surface area contributed by atoms with Gasteiger partial charge in [-0.25, -0.2) is 4.39 Å². The fraction of sp³-hybridized carbons (Fsp3) is 0.250. The SMILES string of the molecule is NC(=S)c1ccc(F)c(Cn2c3c(ccc2=O)CCC3)c1. The first kappa shape index (κ1) is 13.9. The van der Waals surface area contributed by atoms with Crippen LogP contribution in [0.25, 0.3) is 0 Å². The number of nitrogens with zero attached hydrogens (tertiary/aromatic N) is 1. The standard InChI is InChI=1S/C16H15FN2OS/c17-13-6-4-11(16(18)21)8-12(13)9-19-14-3-1-2-10(14)5-7-15(19)20/h4-8H,1-3,9H2,(H2,18,21). The van der Waals surface area contributed by atoms with E-state index in [-0.39, 0.29) is 22.9 Å². The highest BCUT2D eigenvalue weighted by Crippen LogP contribution is 2.21. The number of hydrogen-bond donors (Lipinski definition) is 1. The molecule has 3 rings (SSSR count). The van der Waals surface area contributed by atoms with Crippen molar-refractivity contribution in [3.63, 3.8) is 0 Å². The largest absolute Gasteiger partial charge is 0.389 e. The highest BCUT2D eigenvalue weighted by Gasteiger charge is 2.17. The van der Waals surface area contributed by atoms with Gasteiger partial charge in [-0.3, -0.25) is 4.79 Å². The van der Waals surface area contributed by atoms with Gasteiger partial charge in [-0.05, 0) is 43.0 Å². The van der Waals surface area contributed by atoms with E-state index in [2.05, 4.69) is 0 Å². The lowest BCUT2D eigenvalue weighted by Crippen LogP contribution is -2.24. The Labute approximate surface area is 127 Å². The van der Waals surface area contributed by atoms with E-state index in [4.69, 9.17) is 18.0 Å². The summed E-state index contributed by atoms with van der Waals surface area (Å²) in [5.74, 6) is -0.350. The van der Waals surface area contributed by atoms with Crippen LogP contribution in [0, 0.1) is 5.82 Å². The molecule has 3 nitrogen and oxygen atoms in total. The Balaban J connectivity index is 2.05. The molecule has 0 aliphatic heterocycles. The molecule has 0 saturated heterocycles. The van der Waals surface area contributed by atoms with Crippen LogP contribution >= 0.6 is 12.2 Å². The van der Waals surface area contributed by atoms with Crippen molar-refractivity contribution in [3.8, 4) is 0 Å². The average Bonchev–Trinajstić information content (AvgIpc) is 2.92. The number of halogens is 1. The van der Waals surface area contributed by atoms with Gasteiger partial charge in [0.15, 0.2) is 0 Å². The molecule has 1 heterocycles. The molecule has 0 amide bonds. The molecule has 1 aromatic carbocycles. The van der Waals surface area contributed by atoms with E-state index >= 15 is 0 Å². The van der Waals surface area contributed by atoms with Crippen LogP contribution in [0.3, 0.4) is 0 Å². The number of pyridine rings is 1. The van der Waals surface area contributed by atoms with Gasteiger partial charge in [-0.1, -0.05) is 18.3 Å². The van der Waals surface area contributed by atoms with Gasteiger partial charge in [0.05, 0.1) is 6.54 Å². The first-order valence-electron chi connectivity index (χ1n) is 6.86. The average molecular weight is 302 g/mol. The van der Waals surface area contributed by atoms with Gasteiger partial charge in [-0.2, -0.15) is 0 Å². The van der Waals surface area contributed by atoms with Crippen molar-refractivity contribution in [2.75, 3.05) is 0 Å². The molecule has 5 heteroatoms. The van der Waals surface area contributed by atoms with Crippen molar-refractivity contribution < 1.29 is 4.39 Å². The van der Waals surface area contributed by atoms with E-state index in [1.54, 1.807) is 22.8 Å². The normalized spacial score (nSPS) is 13.2. The summed E-state index contributed by atoms with van der Waals surface area (Å²) in [5.41, 5.74) is 8.73. The van der Waals surface area contributed by atoms with Crippen molar-refractivity contribution >= 4 is 17.2 Å². The number of hydrogen-bond acceptors (Lipinski definition) is 2. The highest BCUT2D eigenvalue weighted by molar-refractivity contribution is 7.80. The Kier molecular flexibility index (Phi) is 3.59. The van der Waals surface area contributed by atoms with Crippen LogP contribution in [0.15, 0.2) is 35.1 Å². The number of aryl methyl sites for hydroxylation is 1. The van der Waals surface area contributed by atoms with Crippen molar-refractivity contribution in [2.45, 2.75) is 25.8 Å². The predicted molar refractivity (Wildman–Crippen MR) is 84.1 cm³/mol. The summed E-state index contributed by atoms with van der Waals surface area (Å²) in [6.07, 6.45) is 2.88. The van der Waals surface area contributed by atoms with Crippen LogP contribution in [0.5, 0.6) is 0 Å². The second-order valence-electron chi connectivity index (χ2n) is 5.25. The minimum atomic E-state index is -0.350. The van der Waals surface area contributed by atoms with E-state index in [1.165, 1.54) is 11.6 Å². The smallest absolute Gasteiger partial charge is 0.251 e. The van der Waals surface area contributed by atoms with Crippen LogP contribution in [-0.4, -0.2) is 9.56 Å². The van der Waals surface area contributed by atoms with E-state index in [1.807, 2.05) is 6.07 Å². The maximum Gasteiger partial charge on any atom is 0.251 e. The van der Waals surface area contributed by atoms with E-state index in [0.29, 0.717) is 11.1 Å². The minimum Gasteiger partial charge on any atom is -0.389 e. The summed E-state index contributed by atoms with van der Waals surface area (Å²) in [6.45, 7) is 0.213. The Morgan fingerprint density at radius 2 is 2.10 bits per heavy atom. The van der Waals surface area contributed by atoms with Crippen LogP contribution in [0.1, 0.15) is 28.8 Å². The quantitative estimate of drug-likeness (QED) is 0.884. The zero-order valence-electron chi connectivity index (χ0n) is 11.4. The van der Waals surface area contributed by atoms with Crippen LogP contribution in [0.4, 0.5) is 4.39 Å². The lowest BCUT2D eigenvalue weighted by atomic mass is 10.1. The zero-order chi connectivity index (χ0) is 15.0. The van der Waals surface area contributed by atoms with Crippen molar-refractivity contribution in [2.24, 2.45) is 5.73 Å². The van der Waals surface area contributed by atoms with Gasteiger partial charge in [-0.15, -0.1) is 0 Å². The molecule has 1 aliphatic rings. The Hall–Kier alpha value is -2.01. The first-order chi connectivity index (χ1) is 10.1. The first-order valence-corrected chi connectivity index (χ1v) is 7.27. The van der Waals surface area contributed by atoms with Crippen molar-refractivity contribution in [1.82, 2.24) is 4.57 Å². The highest BCUT2D eigenvalue weighted by atomic mass is 32.1. The van der Waals surface area contributed by atoms with Gasteiger partial charge in [0.25, 0.3) is 5.56 Å². The number of benzene rings is 1. The lowest BCUT2D eigenvalue weighted by molar-refractivity contribution is 0.591. The van der Waals surface area contributed by atoms with Gasteiger partial charge >= 0.3 is 0 Å². The summed E-state index contributed by atoms with van der Waals surface area (Å²) in [6, 6.07) is 7.96. The monoisotopic (exact) mass is 302 g/mol. The number of thiocarbonyl (C=S) groups is 1. The molecule has 2 aromatic rings. The molecule has 0 bridgehead atoms. The van der Waals surface area contributed by atoms with E-state index < -0.39 is 0 Å². The maximum atomic E-state index is 14.0. The molecular weight excluding hydrogens is 287 g/mol. The second kappa shape index (κ2) is 5.41. The Morgan fingerprint density at radius 1 is 1.29 bits per heavy atom. The summed E-state index contributed by atoms with van der Waals surface area (Å²) < 4.78 is 15.7. The number of fused-ring (bicyclic) bond motifs is 1. The molecule has 0 saturated carbocycles. The lowest BCUT2D eigenvalue weighted by Gasteiger charge is -2.13. The molecule has 1 aliphatic carbocycles. The fourth-order valence-electron chi connectivity index (χ4n) is 2.83. The summed E-state index contributed by atoms with van der Waals surface area (Å²) in [5, 5.41) is 0. The summed E-state index contributed by atoms with van der Waals surface area (Å²) in [4.78, 5) is 12.3. The third-order valence-electron chi connectivity index (χ3n) is 3.91. The zero-order valence-corrected chi connectivity index (χ0v) is 12.3. The van der Waals surface area contributed by atoms with Crippen LogP contribution < -0.4 is 11.3 Å². The topological polar surface area (TPSA) is 48.0 Å². The van der Waals surface area contributed by atoms with E-state index in [0.717, 1.165) is 25.0 Å². The number of aromatic nitrogens is 1. The molecule has 0 spiro atoms. The van der Waals surface area contributed by atoms with E-state index in [9.17, 15) is 9.18 Å². The molecule has 0 atom stereocenters. The van der Waals surface area contributed by atoms with Crippen molar-refractivity contribution in [3.05, 3.63) is 68.9 Å². The molecule has 0 fully saturated rings. The third kappa shape index (κ3) is 2.61. The summed E-state index contributed by atoms with van der Waals surface area (Å²) in [7, 11) is 0. The Bertz CT molecular complexity index is 782. The molecule has 0 unspecified atom stereocenters. The predicted octanol–water partition coefficient (Wildman–Crippen LogP) is 2.16. The van der Waals surface area contributed by atoms with Gasteiger partial charge in [0, 0.05) is 22.9 Å². The molecular formula is C16H15FN2OS. The van der Waals surface area contributed by atoms with Gasteiger partial charge in [0.2, 0.25) is 0 Å². The maximum absolute atomic E-state index is 14.0. The minimum absolute atomic E-state index is 0.101. The number of rotatable bonds is 3. The summed E-state index contributed by atoms with van der Waals surface area (Å²) >= 11 is 4.92. The molecule has 1 aromatic heterocycles. The third-order valence-corrected chi connectivity index (χ3v) is 4.14. The molecule has 2 N–H and O–H groups in total. The van der Waals surface area contributed by atoms with Crippen molar-refractivity contribution in [1.29, 1.82) is 0 Å². The second-order valence-corrected chi connectivity index (χ2v) is 5.69. The number of nitrogens with two attached hydrogens (primary N) is 1. The molecule has 21 heavy (non-hydrogen) atoms. The Morgan fingerprint density at radius 3 is 2.86 bits per heavy atom. The fourth-order valence-corrected chi connectivity index (χ4v) is 2.95. The van der Waals surface area contributed by atoms with Gasteiger partial charge in [0.1, 0.15) is 10.8 Å². The van der Waals surface area contributed by atoms with Crippen LogP contribution in [-0.2, 0) is 19.4 Å².